The van der Waals surface area contributed by atoms with E-state index in [-0.39, 0.29) is 5.02 Å². The largest absolute Gasteiger partial charge is 0.480 e. The van der Waals surface area contributed by atoms with Crippen LogP contribution in [0.3, 0.4) is 0 Å². The molecule has 0 spiro atoms. The van der Waals surface area contributed by atoms with Crippen molar-refractivity contribution in [1.29, 1.82) is 0 Å². The second-order valence-electron chi connectivity index (χ2n) is 4.71. The molecule has 0 aliphatic carbocycles. The maximum absolute atomic E-state index is 12.4. The van der Waals surface area contributed by atoms with Gasteiger partial charge in [0, 0.05) is 13.1 Å². The summed E-state index contributed by atoms with van der Waals surface area (Å²) in [6.07, 6.45) is 0. The second-order valence-corrected chi connectivity index (χ2v) is 7.08. The Hall–Kier alpha value is -1.71. The highest BCUT2D eigenvalue weighted by Gasteiger charge is 2.40. The zero-order valence-corrected chi connectivity index (χ0v) is 13.0. The molecular formula is C11H13ClN2O6S. The maximum Gasteiger partial charge on any atom is 0.324 e. The summed E-state index contributed by atoms with van der Waals surface area (Å²) in [6.45, 7) is 2.41. The lowest BCUT2D eigenvalue weighted by Gasteiger charge is -2.30. The Morgan fingerprint density at radius 3 is 2.38 bits per heavy atom. The smallest absolute Gasteiger partial charge is 0.324 e. The Morgan fingerprint density at radius 1 is 1.43 bits per heavy atom. The Morgan fingerprint density at radius 2 is 1.95 bits per heavy atom. The third-order valence-electron chi connectivity index (χ3n) is 3.08. The monoisotopic (exact) mass is 336 g/mol. The van der Waals surface area contributed by atoms with E-state index < -0.39 is 37.0 Å². The summed E-state index contributed by atoms with van der Waals surface area (Å²) in [6, 6.07) is 2.96. The molecule has 116 valence electrons. The van der Waals surface area contributed by atoms with Crippen molar-refractivity contribution >= 4 is 33.3 Å². The molecule has 0 aliphatic heterocycles. The number of carboxylic acids is 1. The lowest BCUT2D eigenvalue weighted by molar-refractivity contribution is -0.384. The number of halogens is 1. The van der Waals surface area contributed by atoms with Gasteiger partial charge in [-0.1, -0.05) is 11.6 Å². The van der Waals surface area contributed by atoms with E-state index in [1.807, 2.05) is 0 Å². The molecule has 1 N–H and O–H groups in total. The van der Waals surface area contributed by atoms with Crippen LogP contribution in [0.5, 0.6) is 0 Å². The van der Waals surface area contributed by atoms with Gasteiger partial charge < -0.3 is 5.11 Å². The maximum atomic E-state index is 12.4. The second kappa shape index (κ2) is 5.58. The summed E-state index contributed by atoms with van der Waals surface area (Å²) in [5.74, 6) is -1.35. The number of aliphatic carboxylic acids is 1. The minimum absolute atomic E-state index is 0.209. The molecule has 0 heterocycles. The topological polar surface area (TPSA) is 118 Å². The van der Waals surface area contributed by atoms with Gasteiger partial charge in [0.1, 0.15) is 10.6 Å². The molecule has 0 bridgehead atoms. The predicted octanol–water partition coefficient (Wildman–Crippen LogP) is 1.73. The number of nitro groups is 1. The van der Waals surface area contributed by atoms with Crippen LogP contribution in [0.2, 0.25) is 5.02 Å². The van der Waals surface area contributed by atoms with Crippen molar-refractivity contribution in [2.45, 2.75) is 24.3 Å². The van der Waals surface area contributed by atoms with Gasteiger partial charge in [-0.3, -0.25) is 14.9 Å². The summed E-state index contributed by atoms with van der Waals surface area (Å²) in [5.41, 5.74) is -2.29. The van der Waals surface area contributed by atoms with Crippen molar-refractivity contribution in [3.63, 3.8) is 0 Å². The number of nitro benzene ring substituents is 1. The average Bonchev–Trinajstić information content (AvgIpc) is 2.37. The van der Waals surface area contributed by atoms with E-state index >= 15 is 0 Å². The number of nitrogens with zero attached hydrogens (tertiary/aromatic N) is 2. The fourth-order valence-electron chi connectivity index (χ4n) is 1.39. The van der Waals surface area contributed by atoms with Crippen molar-refractivity contribution in [2.24, 2.45) is 0 Å². The van der Waals surface area contributed by atoms with Gasteiger partial charge in [-0.25, -0.2) is 8.42 Å². The molecule has 0 aromatic heterocycles. The molecule has 0 amide bonds. The molecule has 8 nitrogen and oxygen atoms in total. The van der Waals surface area contributed by atoms with E-state index in [4.69, 9.17) is 16.7 Å². The molecular weight excluding hydrogens is 324 g/mol. The van der Waals surface area contributed by atoms with Gasteiger partial charge in [0.05, 0.1) is 9.82 Å². The summed E-state index contributed by atoms with van der Waals surface area (Å²) in [7, 11) is -3.14. The normalized spacial score (nSPS) is 12.4. The van der Waals surface area contributed by atoms with Crippen molar-refractivity contribution < 1.29 is 23.2 Å². The number of sulfonamides is 1. The van der Waals surface area contributed by atoms with Crippen LogP contribution in [0.15, 0.2) is 23.1 Å². The van der Waals surface area contributed by atoms with Crippen LogP contribution in [-0.2, 0) is 14.8 Å². The number of rotatable bonds is 5. The molecule has 0 atom stereocenters. The quantitative estimate of drug-likeness (QED) is 0.646. The summed E-state index contributed by atoms with van der Waals surface area (Å²) >= 11 is 5.62. The van der Waals surface area contributed by atoms with Gasteiger partial charge in [-0.15, -0.1) is 0 Å². The van der Waals surface area contributed by atoms with Gasteiger partial charge in [-0.2, -0.15) is 4.31 Å². The highest BCUT2D eigenvalue weighted by atomic mass is 35.5. The van der Waals surface area contributed by atoms with Gasteiger partial charge in [-0.05, 0) is 26.0 Å². The Balaban J connectivity index is 3.42. The van der Waals surface area contributed by atoms with E-state index in [2.05, 4.69) is 0 Å². The van der Waals surface area contributed by atoms with E-state index in [0.717, 1.165) is 25.2 Å². The summed E-state index contributed by atoms with van der Waals surface area (Å²) in [4.78, 5) is 20.7. The minimum atomic E-state index is -4.23. The predicted molar refractivity (Wildman–Crippen MR) is 74.8 cm³/mol. The summed E-state index contributed by atoms with van der Waals surface area (Å²) in [5, 5.41) is 19.7. The SMILES string of the molecule is CN(C(C)(C)C(=O)O)S(=O)(=O)c1ccc(Cl)c([N+](=O)[O-])c1. The van der Waals surface area contributed by atoms with E-state index in [9.17, 15) is 23.3 Å². The number of hydrogen-bond donors (Lipinski definition) is 1. The number of carbonyl (C=O) groups is 1. The molecule has 0 aliphatic rings. The van der Waals surface area contributed by atoms with Crippen molar-refractivity contribution in [3.05, 3.63) is 33.3 Å². The molecule has 1 rings (SSSR count). The fourth-order valence-corrected chi connectivity index (χ4v) is 3.07. The van der Waals surface area contributed by atoms with E-state index in [0.29, 0.717) is 4.31 Å². The third kappa shape index (κ3) is 3.14. The van der Waals surface area contributed by atoms with Crippen LogP contribution >= 0.6 is 11.6 Å². The van der Waals surface area contributed by atoms with Crippen LogP contribution in [0, 0.1) is 10.1 Å². The molecule has 0 saturated heterocycles. The molecule has 10 heteroatoms. The lowest BCUT2D eigenvalue weighted by Crippen LogP contribution is -2.50. The number of benzene rings is 1. The zero-order chi connectivity index (χ0) is 16.6. The van der Waals surface area contributed by atoms with Gasteiger partial charge in [0.2, 0.25) is 10.0 Å². The molecule has 0 fully saturated rings. The van der Waals surface area contributed by atoms with Crippen molar-refractivity contribution in [3.8, 4) is 0 Å². The van der Waals surface area contributed by atoms with Gasteiger partial charge in [0.15, 0.2) is 0 Å². The number of likely N-dealkylation sites (N-methyl/N-ethyl adjacent to an activating group) is 1. The highest BCUT2D eigenvalue weighted by molar-refractivity contribution is 7.89. The Labute approximate surface area is 126 Å². The highest BCUT2D eigenvalue weighted by Crippen LogP contribution is 2.30. The standard InChI is InChI=1S/C11H13ClN2O6S/c1-11(2,10(15)16)13(3)21(19,20)7-4-5-8(12)9(6-7)14(17)18/h4-6H,1-3H3,(H,15,16). The first-order chi connectivity index (χ1) is 9.42. The zero-order valence-electron chi connectivity index (χ0n) is 11.4. The first-order valence-electron chi connectivity index (χ1n) is 5.58. The number of hydrogen-bond acceptors (Lipinski definition) is 5. The Bertz CT molecular complexity index is 701. The van der Waals surface area contributed by atoms with Crippen LogP contribution in [0.25, 0.3) is 0 Å². The Kier molecular flexibility index (Phi) is 4.61. The van der Waals surface area contributed by atoms with E-state index in [1.165, 1.54) is 13.8 Å². The van der Waals surface area contributed by atoms with Gasteiger partial charge in [0.25, 0.3) is 5.69 Å². The van der Waals surface area contributed by atoms with Gasteiger partial charge >= 0.3 is 5.97 Å². The molecule has 21 heavy (non-hydrogen) atoms. The van der Waals surface area contributed by atoms with Crippen LogP contribution < -0.4 is 0 Å². The third-order valence-corrected chi connectivity index (χ3v) is 5.43. The fraction of sp³-hybridized carbons (Fsp3) is 0.364. The van der Waals surface area contributed by atoms with E-state index in [1.54, 1.807) is 0 Å². The number of carboxylic acid groups (broad SMARTS) is 1. The summed E-state index contributed by atoms with van der Waals surface area (Å²) < 4.78 is 25.4. The first-order valence-corrected chi connectivity index (χ1v) is 7.40. The van der Waals surface area contributed by atoms with Crippen LogP contribution in [0.4, 0.5) is 5.69 Å². The molecule has 0 unspecified atom stereocenters. The minimum Gasteiger partial charge on any atom is -0.480 e. The van der Waals surface area contributed by atoms with Crippen LogP contribution in [0.1, 0.15) is 13.8 Å². The van der Waals surface area contributed by atoms with Crippen molar-refractivity contribution in [2.75, 3.05) is 7.05 Å². The molecule has 1 aromatic carbocycles. The van der Waals surface area contributed by atoms with Crippen LogP contribution in [-0.4, -0.2) is 41.3 Å². The lowest BCUT2D eigenvalue weighted by atomic mass is 10.1. The first kappa shape index (κ1) is 17.3. The molecule has 0 radical (unpaired) electrons. The average molecular weight is 337 g/mol. The van der Waals surface area contributed by atoms with Crippen molar-refractivity contribution in [1.82, 2.24) is 4.31 Å². The molecule has 1 aromatic rings. The molecule has 0 saturated carbocycles.